The van der Waals surface area contributed by atoms with E-state index in [0.717, 1.165) is 0 Å². The van der Waals surface area contributed by atoms with Gasteiger partial charge in [-0.2, -0.15) is 0 Å². The second-order valence-corrected chi connectivity index (χ2v) is 5.84. The Labute approximate surface area is 117 Å². The summed E-state index contributed by atoms with van der Waals surface area (Å²) in [5, 5.41) is 0. The van der Waals surface area contributed by atoms with Gasteiger partial charge in [0.2, 0.25) is 10.0 Å². The third-order valence-electron chi connectivity index (χ3n) is 2.73. The standard InChI is InChI=1S/C12H16N4O3S/c1-19-10-2-3-12(11(13)8-10)20(17,18)15-5-7-16-6-4-14-9-16/h2-4,6,8-9,15H,5,7,13H2,1H3. The molecular formula is C12H16N4O3S. The van der Waals surface area contributed by atoms with Crippen molar-refractivity contribution in [2.24, 2.45) is 0 Å². The molecule has 1 aromatic carbocycles. The molecule has 0 amide bonds. The van der Waals surface area contributed by atoms with Crippen LogP contribution in [0.3, 0.4) is 0 Å². The Morgan fingerprint density at radius 3 is 2.85 bits per heavy atom. The van der Waals surface area contributed by atoms with Crippen LogP contribution in [0, 0.1) is 0 Å². The molecule has 0 radical (unpaired) electrons. The van der Waals surface area contributed by atoms with Crippen molar-refractivity contribution in [3.63, 3.8) is 0 Å². The van der Waals surface area contributed by atoms with Crippen LogP contribution in [0.25, 0.3) is 0 Å². The lowest BCUT2D eigenvalue weighted by atomic mass is 10.3. The van der Waals surface area contributed by atoms with Crippen LogP contribution in [0.4, 0.5) is 5.69 Å². The Morgan fingerprint density at radius 2 is 2.25 bits per heavy atom. The second kappa shape index (κ2) is 5.93. The first-order chi connectivity index (χ1) is 9.53. The minimum atomic E-state index is -3.63. The molecule has 1 heterocycles. The molecule has 0 aliphatic rings. The summed E-state index contributed by atoms with van der Waals surface area (Å²) in [7, 11) is -2.14. The highest BCUT2D eigenvalue weighted by Crippen LogP contribution is 2.23. The smallest absolute Gasteiger partial charge is 0.242 e. The van der Waals surface area contributed by atoms with Gasteiger partial charge in [-0.1, -0.05) is 0 Å². The number of rotatable bonds is 6. The molecule has 7 nitrogen and oxygen atoms in total. The number of imidazole rings is 1. The molecule has 0 aliphatic carbocycles. The number of sulfonamides is 1. The minimum absolute atomic E-state index is 0.0453. The van der Waals surface area contributed by atoms with Crippen molar-refractivity contribution < 1.29 is 13.2 Å². The monoisotopic (exact) mass is 296 g/mol. The predicted molar refractivity (Wildman–Crippen MR) is 74.8 cm³/mol. The number of nitrogens with zero attached hydrogens (tertiary/aromatic N) is 2. The van der Waals surface area contributed by atoms with E-state index in [4.69, 9.17) is 10.5 Å². The maximum absolute atomic E-state index is 12.1. The number of hydrogen-bond acceptors (Lipinski definition) is 5. The summed E-state index contributed by atoms with van der Waals surface area (Å²) in [6.45, 7) is 0.749. The molecule has 3 N–H and O–H groups in total. The summed E-state index contributed by atoms with van der Waals surface area (Å²) < 4.78 is 33.5. The van der Waals surface area contributed by atoms with Gasteiger partial charge in [0.25, 0.3) is 0 Å². The number of nitrogen functional groups attached to an aromatic ring is 1. The summed E-state index contributed by atoms with van der Waals surface area (Å²) in [6.07, 6.45) is 5.02. The molecule has 0 fully saturated rings. The summed E-state index contributed by atoms with van der Waals surface area (Å²) in [5.74, 6) is 0.514. The van der Waals surface area contributed by atoms with E-state index >= 15 is 0 Å². The van der Waals surface area contributed by atoms with Crippen molar-refractivity contribution in [3.8, 4) is 5.75 Å². The van der Waals surface area contributed by atoms with Crippen molar-refractivity contribution >= 4 is 15.7 Å². The number of nitrogens with one attached hydrogen (secondary N) is 1. The zero-order chi connectivity index (χ0) is 14.6. The van der Waals surface area contributed by atoms with E-state index in [9.17, 15) is 8.42 Å². The van der Waals surface area contributed by atoms with E-state index < -0.39 is 10.0 Å². The van der Waals surface area contributed by atoms with Gasteiger partial charge in [-0.05, 0) is 12.1 Å². The zero-order valence-electron chi connectivity index (χ0n) is 11.0. The molecule has 2 aromatic rings. The van der Waals surface area contributed by atoms with Crippen LogP contribution in [-0.4, -0.2) is 31.6 Å². The normalized spacial score (nSPS) is 11.4. The van der Waals surface area contributed by atoms with Crippen LogP contribution in [-0.2, 0) is 16.6 Å². The van der Waals surface area contributed by atoms with Gasteiger partial charge in [0.1, 0.15) is 10.6 Å². The molecule has 0 aliphatic heterocycles. The highest BCUT2D eigenvalue weighted by atomic mass is 32.2. The molecule has 0 saturated carbocycles. The molecule has 0 saturated heterocycles. The van der Waals surface area contributed by atoms with Crippen LogP contribution < -0.4 is 15.2 Å². The van der Waals surface area contributed by atoms with E-state index in [1.165, 1.54) is 19.2 Å². The SMILES string of the molecule is COc1ccc(S(=O)(=O)NCCn2ccnc2)c(N)c1. The summed E-state index contributed by atoms with van der Waals surface area (Å²) in [5.41, 5.74) is 5.89. The average Bonchev–Trinajstić information content (AvgIpc) is 2.91. The number of aromatic nitrogens is 2. The molecule has 8 heteroatoms. The largest absolute Gasteiger partial charge is 0.497 e. The first-order valence-corrected chi connectivity index (χ1v) is 7.40. The minimum Gasteiger partial charge on any atom is -0.497 e. The Morgan fingerprint density at radius 1 is 1.45 bits per heavy atom. The highest BCUT2D eigenvalue weighted by molar-refractivity contribution is 7.89. The van der Waals surface area contributed by atoms with E-state index in [-0.39, 0.29) is 17.1 Å². The van der Waals surface area contributed by atoms with E-state index in [0.29, 0.717) is 12.3 Å². The van der Waals surface area contributed by atoms with Crippen molar-refractivity contribution in [2.45, 2.75) is 11.4 Å². The number of nitrogens with two attached hydrogens (primary N) is 1. The Kier molecular flexibility index (Phi) is 4.26. The molecule has 20 heavy (non-hydrogen) atoms. The number of ether oxygens (including phenoxy) is 1. The van der Waals surface area contributed by atoms with Gasteiger partial charge in [0, 0.05) is 31.5 Å². The van der Waals surface area contributed by atoms with Gasteiger partial charge in [0.05, 0.1) is 19.1 Å². The van der Waals surface area contributed by atoms with Gasteiger partial charge in [-0.15, -0.1) is 0 Å². The lowest BCUT2D eigenvalue weighted by Crippen LogP contribution is -2.27. The average molecular weight is 296 g/mol. The number of anilines is 1. The molecule has 1 aromatic heterocycles. The van der Waals surface area contributed by atoms with Gasteiger partial charge in [0.15, 0.2) is 0 Å². The molecule has 0 unspecified atom stereocenters. The number of hydrogen-bond donors (Lipinski definition) is 2. The van der Waals surface area contributed by atoms with Crippen molar-refractivity contribution in [2.75, 3.05) is 19.4 Å². The lowest BCUT2D eigenvalue weighted by molar-refractivity contribution is 0.414. The summed E-state index contributed by atoms with van der Waals surface area (Å²) in [6, 6.07) is 4.46. The lowest BCUT2D eigenvalue weighted by Gasteiger charge is -2.10. The Hall–Kier alpha value is -2.06. The molecule has 108 valence electrons. The number of methoxy groups -OCH3 is 1. The molecule has 0 spiro atoms. The number of benzene rings is 1. The fraction of sp³-hybridized carbons (Fsp3) is 0.250. The first kappa shape index (κ1) is 14.4. The highest BCUT2D eigenvalue weighted by Gasteiger charge is 2.17. The zero-order valence-corrected chi connectivity index (χ0v) is 11.8. The van der Waals surface area contributed by atoms with Gasteiger partial charge >= 0.3 is 0 Å². The molecular weight excluding hydrogens is 280 g/mol. The summed E-state index contributed by atoms with van der Waals surface area (Å²) in [4.78, 5) is 3.93. The topological polar surface area (TPSA) is 99.2 Å². The molecule has 0 atom stereocenters. The van der Waals surface area contributed by atoms with Gasteiger partial charge in [-0.25, -0.2) is 18.1 Å². The van der Waals surface area contributed by atoms with Crippen molar-refractivity contribution in [1.29, 1.82) is 0 Å². The maximum Gasteiger partial charge on any atom is 0.242 e. The van der Waals surface area contributed by atoms with Crippen LogP contribution in [0.15, 0.2) is 41.8 Å². The quantitative estimate of drug-likeness (QED) is 0.754. The predicted octanol–water partition coefficient (Wildman–Crippen LogP) is 0.452. The van der Waals surface area contributed by atoms with Gasteiger partial charge in [-0.3, -0.25) is 0 Å². The third kappa shape index (κ3) is 3.28. The molecule has 2 rings (SSSR count). The van der Waals surface area contributed by atoms with Crippen LogP contribution in [0.1, 0.15) is 0 Å². The van der Waals surface area contributed by atoms with Crippen LogP contribution in [0.2, 0.25) is 0 Å². The van der Waals surface area contributed by atoms with Gasteiger partial charge < -0.3 is 15.0 Å². The third-order valence-corrected chi connectivity index (χ3v) is 4.26. The van der Waals surface area contributed by atoms with E-state index in [1.54, 1.807) is 29.4 Å². The summed E-state index contributed by atoms with van der Waals surface area (Å²) >= 11 is 0. The van der Waals surface area contributed by atoms with Crippen LogP contribution >= 0.6 is 0 Å². The van der Waals surface area contributed by atoms with E-state index in [1.807, 2.05) is 0 Å². The van der Waals surface area contributed by atoms with Crippen LogP contribution in [0.5, 0.6) is 5.75 Å². The second-order valence-electron chi connectivity index (χ2n) is 4.10. The van der Waals surface area contributed by atoms with Crippen molar-refractivity contribution in [1.82, 2.24) is 14.3 Å². The first-order valence-electron chi connectivity index (χ1n) is 5.92. The Balaban J connectivity index is 2.06. The molecule has 0 bridgehead atoms. The fourth-order valence-corrected chi connectivity index (χ4v) is 2.84. The van der Waals surface area contributed by atoms with Crippen molar-refractivity contribution in [3.05, 3.63) is 36.9 Å². The fourth-order valence-electron chi connectivity index (χ4n) is 1.70. The Bertz CT molecular complexity index is 668. The van der Waals surface area contributed by atoms with E-state index in [2.05, 4.69) is 9.71 Å². The maximum atomic E-state index is 12.1.